The van der Waals surface area contributed by atoms with Crippen LogP contribution in [-0.2, 0) is 22.4 Å². The number of aryl methyl sites for hydroxylation is 2. The summed E-state index contributed by atoms with van der Waals surface area (Å²) in [5.74, 6) is 0.0979. The van der Waals surface area contributed by atoms with Gasteiger partial charge in [0.15, 0.2) is 0 Å². The Morgan fingerprint density at radius 1 is 1.25 bits per heavy atom. The lowest BCUT2D eigenvalue weighted by Crippen LogP contribution is -2.42. The number of nitrogens with zero attached hydrogens (tertiary/aromatic N) is 2. The maximum atomic E-state index is 12.1. The van der Waals surface area contributed by atoms with Gasteiger partial charge in [0, 0.05) is 31.5 Å². The van der Waals surface area contributed by atoms with Crippen LogP contribution in [0, 0.1) is 5.92 Å². The Labute approximate surface area is 187 Å². The van der Waals surface area contributed by atoms with Gasteiger partial charge in [0.25, 0.3) is 5.91 Å². The number of ether oxygens (including phenoxy) is 1. The summed E-state index contributed by atoms with van der Waals surface area (Å²) in [6, 6.07) is 8.28. The van der Waals surface area contributed by atoms with Crippen LogP contribution in [0.25, 0.3) is 0 Å². The summed E-state index contributed by atoms with van der Waals surface area (Å²) < 4.78 is 5.85. The normalized spacial score (nSPS) is 20.4. The molecule has 1 aliphatic carbocycles. The zero-order chi connectivity index (χ0) is 22.3. The second-order valence-electron chi connectivity index (χ2n) is 8.58. The standard InChI is InChI=1S/C24H30N4O4/c29-23(20-5-1-2-11-25-20)28-21(24(30)31)10-13-32-19-14-16(15-19)6-8-18-9-7-17-4-3-12-26-22(17)27-18/h1-2,5,7,9,11,16,19,21H,3-4,6,8,10,12-15H2,(H,26,27)(H,28,29)(H,30,31)/t16-,19-,21?. The minimum absolute atomic E-state index is 0.166. The SMILES string of the molecule is O=C(NC(CCO[C@H]1C[C@H](CCc2ccc3c(n2)NCCC3)C1)C(=O)O)c1ccccn1. The van der Waals surface area contributed by atoms with Gasteiger partial charge in [0.05, 0.1) is 6.10 Å². The Bertz CT molecular complexity index is 931. The summed E-state index contributed by atoms with van der Waals surface area (Å²) in [5, 5.41) is 15.3. The quantitative estimate of drug-likeness (QED) is 0.523. The summed E-state index contributed by atoms with van der Waals surface area (Å²) in [7, 11) is 0. The molecule has 3 N–H and O–H groups in total. The van der Waals surface area contributed by atoms with Crippen LogP contribution in [0.3, 0.4) is 0 Å². The topological polar surface area (TPSA) is 113 Å². The Kier molecular flexibility index (Phi) is 7.32. The lowest BCUT2D eigenvalue weighted by Gasteiger charge is -2.35. The summed E-state index contributed by atoms with van der Waals surface area (Å²) >= 11 is 0. The number of aromatic nitrogens is 2. The zero-order valence-electron chi connectivity index (χ0n) is 18.1. The average molecular weight is 439 g/mol. The number of carboxylic acid groups (broad SMARTS) is 1. The maximum absolute atomic E-state index is 12.1. The fourth-order valence-corrected chi connectivity index (χ4v) is 4.25. The van der Waals surface area contributed by atoms with Gasteiger partial charge < -0.3 is 20.5 Å². The first kappa shape index (κ1) is 22.2. The third-order valence-corrected chi connectivity index (χ3v) is 6.21. The lowest BCUT2D eigenvalue weighted by molar-refractivity contribution is -0.140. The second-order valence-corrected chi connectivity index (χ2v) is 8.58. The third kappa shape index (κ3) is 5.82. The van der Waals surface area contributed by atoms with Crippen molar-refractivity contribution in [2.75, 3.05) is 18.5 Å². The summed E-state index contributed by atoms with van der Waals surface area (Å²) in [6.07, 6.45) is 8.19. The number of carboxylic acids is 1. The average Bonchev–Trinajstić information content (AvgIpc) is 2.79. The zero-order valence-corrected chi connectivity index (χ0v) is 18.1. The van der Waals surface area contributed by atoms with E-state index in [0.29, 0.717) is 12.5 Å². The first-order chi connectivity index (χ1) is 15.6. The van der Waals surface area contributed by atoms with Crippen LogP contribution < -0.4 is 10.6 Å². The molecular formula is C24H30N4O4. The molecule has 1 atom stereocenters. The molecule has 0 radical (unpaired) electrons. The molecule has 0 spiro atoms. The largest absolute Gasteiger partial charge is 0.480 e. The van der Waals surface area contributed by atoms with Gasteiger partial charge in [-0.1, -0.05) is 12.1 Å². The maximum Gasteiger partial charge on any atom is 0.326 e. The number of carbonyl (C=O) groups excluding carboxylic acids is 1. The fourth-order valence-electron chi connectivity index (χ4n) is 4.25. The molecule has 170 valence electrons. The van der Waals surface area contributed by atoms with Crippen molar-refractivity contribution in [1.82, 2.24) is 15.3 Å². The number of hydrogen-bond donors (Lipinski definition) is 3. The highest BCUT2D eigenvalue weighted by molar-refractivity contribution is 5.94. The van der Waals surface area contributed by atoms with Crippen molar-refractivity contribution in [2.45, 2.75) is 57.1 Å². The minimum Gasteiger partial charge on any atom is -0.480 e. The van der Waals surface area contributed by atoms with Gasteiger partial charge in [-0.05, 0) is 68.2 Å². The highest BCUT2D eigenvalue weighted by Crippen LogP contribution is 2.34. The molecule has 3 heterocycles. The van der Waals surface area contributed by atoms with E-state index in [1.54, 1.807) is 18.2 Å². The first-order valence-electron chi connectivity index (χ1n) is 11.4. The molecular weight excluding hydrogens is 408 g/mol. The van der Waals surface area contributed by atoms with E-state index in [9.17, 15) is 14.7 Å². The number of hydrogen-bond acceptors (Lipinski definition) is 6. The van der Waals surface area contributed by atoms with Crippen molar-refractivity contribution in [2.24, 2.45) is 5.92 Å². The van der Waals surface area contributed by atoms with Crippen LogP contribution in [0.4, 0.5) is 5.82 Å². The minimum atomic E-state index is -1.07. The van der Waals surface area contributed by atoms with E-state index in [0.717, 1.165) is 50.2 Å². The van der Waals surface area contributed by atoms with Gasteiger partial charge in [-0.3, -0.25) is 9.78 Å². The van der Waals surface area contributed by atoms with Crippen molar-refractivity contribution in [3.05, 3.63) is 53.5 Å². The van der Waals surface area contributed by atoms with Crippen LogP contribution in [-0.4, -0.2) is 52.2 Å². The van der Waals surface area contributed by atoms with Crippen molar-refractivity contribution in [3.8, 4) is 0 Å². The molecule has 32 heavy (non-hydrogen) atoms. The molecule has 4 rings (SSSR count). The van der Waals surface area contributed by atoms with Crippen LogP contribution in [0.1, 0.15) is 53.8 Å². The van der Waals surface area contributed by atoms with Crippen molar-refractivity contribution < 1.29 is 19.4 Å². The van der Waals surface area contributed by atoms with Crippen molar-refractivity contribution in [3.63, 3.8) is 0 Å². The molecule has 1 unspecified atom stereocenters. The molecule has 1 fully saturated rings. The predicted octanol–water partition coefficient (Wildman–Crippen LogP) is 2.84. The molecule has 8 nitrogen and oxygen atoms in total. The molecule has 1 aliphatic heterocycles. The number of carbonyl (C=O) groups is 2. The third-order valence-electron chi connectivity index (χ3n) is 6.21. The Hall–Kier alpha value is -3.00. The summed E-state index contributed by atoms with van der Waals surface area (Å²) in [6.45, 7) is 1.30. The monoisotopic (exact) mass is 438 g/mol. The van der Waals surface area contributed by atoms with Gasteiger partial charge >= 0.3 is 5.97 Å². The highest BCUT2D eigenvalue weighted by atomic mass is 16.5. The molecule has 8 heteroatoms. The second kappa shape index (κ2) is 10.5. The van der Waals surface area contributed by atoms with E-state index in [1.165, 1.54) is 18.2 Å². The van der Waals surface area contributed by atoms with Gasteiger partial charge in [-0.25, -0.2) is 9.78 Å². The number of amides is 1. The Morgan fingerprint density at radius 2 is 2.12 bits per heavy atom. The number of fused-ring (bicyclic) bond motifs is 1. The van der Waals surface area contributed by atoms with Crippen LogP contribution in [0.5, 0.6) is 0 Å². The Balaban J connectivity index is 1.14. The van der Waals surface area contributed by atoms with E-state index >= 15 is 0 Å². The molecule has 2 aliphatic rings. The van der Waals surface area contributed by atoms with Crippen LogP contribution >= 0.6 is 0 Å². The van der Waals surface area contributed by atoms with Gasteiger partial charge in [-0.2, -0.15) is 0 Å². The molecule has 2 aromatic heterocycles. The molecule has 1 saturated carbocycles. The lowest BCUT2D eigenvalue weighted by atomic mass is 9.79. The number of anilines is 1. The summed E-state index contributed by atoms with van der Waals surface area (Å²) in [5.41, 5.74) is 2.65. The number of rotatable bonds is 10. The molecule has 2 aromatic rings. The Morgan fingerprint density at radius 3 is 2.91 bits per heavy atom. The smallest absolute Gasteiger partial charge is 0.326 e. The van der Waals surface area contributed by atoms with E-state index in [-0.39, 0.29) is 18.2 Å². The molecule has 0 bridgehead atoms. The first-order valence-corrected chi connectivity index (χ1v) is 11.4. The highest BCUT2D eigenvalue weighted by Gasteiger charge is 2.30. The van der Waals surface area contributed by atoms with Gasteiger partial charge in [0.1, 0.15) is 17.6 Å². The molecule has 0 aromatic carbocycles. The van der Waals surface area contributed by atoms with E-state index in [2.05, 4.69) is 27.8 Å². The van der Waals surface area contributed by atoms with E-state index < -0.39 is 17.9 Å². The number of nitrogens with one attached hydrogen (secondary N) is 2. The van der Waals surface area contributed by atoms with E-state index in [4.69, 9.17) is 9.72 Å². The van der Waals surface area contributed by atoms with E-state index in [1.807, 2.05) is 0 Å². The molecule has 1 amide bonds. The van der Waals surface area contributed by atoms with Crippen LogP contribution in [0.2, 0.25) is 0 Å². The number of aliphatic carboxylic acids is 1. The van der Waals surface area contributed by atoms with Crippen molar-refractivity contribution in [1.29, 1.82) is 0 Å². The molecule has 0 saturated heterocycles. The van der Waals surface area contributed by atoms with Gasteiger partial charge in [-0.15, -0.1) is 0 Å². The van der Waals surface area contributed by atoms with Crippen molar-refractivity contribution >= 4 is 17.7 Å². The fraction of sp³-hybridized carbons (Fsp3) is 0.500. The predicted molar refractivity (Wildman–Crippen MR) is 120 cm³/mol. The number of pyridine rings is 2. The van der Waals surface area contributed by atoms with Gasteiger partial charge in [0.2, 0.25) is 0 Å². The summed E-state index contributed by atoms with van der Waals surface area (Å²) in [4.78, 5) is 32.3. The van der Waals surface area contributed by atoms with Crippen LogP contribution in [0.15, 0.2) is 36.5 Å².